The van der Waals surface area contributed by atoms with Gasteiger partial charge in [0.05, 0.1) is 12.3 Å². The standard InChI is InChI=1S/C14H11ClN4OS/c15-11-7-6-10(9-20)13(8-11)21-14-16-17-18-19(14)12-4-2-1-3-5-12/h1-8,20H,9H2. The highest BCUT2D eigenvalue weighted by molar-refractivity contribution is 7.99. The Hall–Kier alpha value is -1.89. The van der Waals surface area contributed by atoms with Gasteiger partial charge < -0.3 is 5.11 Å². The van der Waals surface area contributed by atoms with Gasteiger partial charge in [0.2, 0.25) is 5.16 Å². The summed E-state index contributed by atoms with van der Waals surface area (Å²) in [7, 11) is 0. The van der Waals surface area contributed by atoms with Crippen molar-refractivity contribution in [3.63, 3.8) is 0 Å². The second-order valence-electron chi connectivity index (χ2n) is 4.22. The highest BCUT2D eigenvalue weighted by Crippen LogP contribution is 2.32. The van der Waals surface area contributed by atoms with Crippen LogP contribution in [0.3, 0.4) is 0 Å². The Bertz CT molecular complexity index is 748. The molecule has 0 bridgehead atoms. The number of hydrogen-bond donors (Lipinski definition) is 1. The Morgan fingerprint density at radius 1 is 1.14 bits per heavy atom. The van der Waals surface area contributed by atoms with Gasteiger partial charge in [0, 0.05) is 9.92 Å². The summed E-state index contributed by atoms with van der Waals surface area (Å²) >= 11 is 7.38. The molecular formula is C14H11ClN4OS. The van der Waals surface area contributed by atoms with Crippen LogP contribution in [0, 0.1) is 0 Å². The number of nitrogens with zero attached hydrogens (tertiary/aromatic N) is 4. The molecule has 7 heteroatoms. The van der Waals surface area contributed by atoms with E-state index in [1.165, 1.54) is 11.8 Å². The number of tetrazole rings is 1. The number of aliphatic hydroxyl groups is 1. The van der Waals surface area contributed by atoms with Crippen LogP contribution in [-0.4, -0.2) is 25.3 Å². The summed E-state index contributed by atoms with van der Waals surface area (Å²) in [4.78, 5) is 0.831. The molecule has 5 nitrogen and oxygen atoms in total. The minimum absolute atomic E-state index is 0.0631. The predicted molar refractivity (Wildman–Crippen MR) is 80.7 cm³/mol. The molecular weight excluding hydrogens is 308 g/mol. The maximum atomic E-state index is 9.41. The van der Waals surface area contributed by atoms with E-state index in [9.17, 15) is 5.11 Å². The maximum Gasteiger partial charge on any atom is 0.218 e. The Morgan fingerprint density at radius 2 is 1.95 bits per heavy atom. The van der Waals surface area contributed by atoms with Crippen molar-refractivity contribution >= 4 is 23.4 Å². The van der Waals surface area contributed by atoms with E-state index in [1.54, 1.807) is 22.9 Å². The fraction of sp³-hybridized carbons (Fsp3) is 0.0714. The lowest BCUT2D eigenvalue weighted by Gasteiger charge is -2.07. The largest absolute Gasteiger partial charge is 0.392 e. The van der Waals surface area contributed by atoms with Crippen molar-refractivity contribution in [3.05, 3.63) is 59.1 Å². The summed E-state index contributed by atoms with van der Waals surface area (Å²) in [5.41, 5.74) is 1.66. The quantitative estimate of drug-likeness (QED) is 0.801. The lowest BCUT2D eigenvalue weighted by atomic mass is 10.2. The van der Waals surface area contributed by atoms with E-state index in [2.05, 4.69) is 15.5 Å². The molecule has 1 N–H and O–H groups in total. The number of halogens is 1. The van der Waals surface area contributed by atoms with Crippen LogP contribution >= 0.6 is 23.4 Å². The van der Waals surface area contributed by atoms with E-state index in [4.69, 9.17) is 11.6 Å². The first-order valence-corrected chi connectivity index (χ1v) is 7.38. The average molecular weight is 319 g/mol. The van der Waals surface area contributed by atoms with E-state index in [0.717, 1.165) is 16.1 Å². The summed E-state index contributed by atoms with van der Waals surface area (Å²) in [6, 6.07) is 15.0. The van der Waals surface area contributed by atoms with Crippen molar-refractivity contribution in [1.29, 1.82) is 0 Å². The maximum absolute atomic E-state index is 9.41. The number of aromatic nitrogens is 4. The van der Waals surface area contributed by atoms with Gasteiger partial charge in [0.25, 0.3) is 0 Å². The molecule has 0 saturated carbocycles. The van der Waals surface area contributed by atoms with Crippen LogP contribution < -0.4 is 0 Å². The predicted octanol–water partition coefficient (Wildman–Crippen LogP) is 2.96. The van der Waals surface area contributed by atoms with E-state index in [0.29, 0.717) is 10.2 Å². The second kappa shape index (κ2) is 6.26. The number of para-hydroxylation sites is 1. The molecule has 0 aliphatic rings. The van der Waals surface area contributed by atoms with Crippen molar-refractivity contribution < 1.29 is 5.11 Å². The van der Waals surface area contributed by atoms with Crippen molar-refractivity contribution in [3.8, 4) is 5.69 Å². The molecule has 0 aliphatic heterocycles. The smallest absolute Gasteiger partial charge is 0.218 e. The number of hydrogen-bond acceptors (Lipinski definition) is 5. The molecule has 1 aromatic heterocycles. The average Bonchev–Trinajstić information content (AvgIpc) is 2.96. The van der Waals surface area contributed by atoms with Crippen LogP contribution in [0.25, 0.3) is 5.69 Å². The molecule has 3 rings (SSSR count). The van der Waals surface area contributed by atoms with Gasteiger partial charge in [0.1, 0.15) is 0 Å². The van der Waals surface area contributed by atoms with Gasteiger partial charge in [-0.15, -0.1) is 5.10 Å². The third kappa shape index (κ3) is 3.07. The summed E-state index contributed by atoms with van der Waals surface area (Å²) in [6.07, 6.45) is 0. The van der Waals surface area contributed by atoms with Crippen LogP contribution in [0.5, 0.6) is 0 Å². The molecule has 0 aliphatic carbocycles. The molecule has 0 unspecified atom stereocenters. The van der Waals surface area contributed by atoms with Gasteiger partial charge in [-0.1, -0.05) is 35.9 Å². The van der Waals surface area contributed by atoms with Crippen molar-refractivity contribution in [2.75, 3.05) is 0 Å². The molecule has 0 fully saturated rings. The second-order valence-corrected chi connectivity index (χ2v) is 5.67. The van der Waals surface area contributed by atoms with Gasteiger partial charge in [0.15, 0.2) is 0 Å². The molecule has 0 radical (unpaired) electrons. The summed E-state index contributed by atoms with van der Waals surface area (Å²) in [6.45, 7) is -0.0631. The van der Waals surface area contributed by atoms with Gasteiger partial charge >= 0.3 is 0 Å². The Balaban J connectivity index is 1.97. The topological polar surface area (TPSA) is 63.8 Å². The number of rotatable bonds is 4. The number of benzene rings is 2. The Labute approximate surface area is 130 Å². The normalized spacial score (nSPS) is 10.8. The lowest BCUT2D eigenvalue weighted by molar-refractivity contribution is 0.279. The molecule has 106 valence electrons. The minimum atomic E-state index is -0.0631. The molecule has 0 spiro atoms. The van der Waals surface area contributed by atoms with Gasteiger partial charge in [-0.05, 0) is 52.0 Å². The van der Waals surface area contributed by atoms with E-state index in [-0.39, 0.29) is 6.61 Å². The van der Waals surface area contributed by atoms with E-state index < -0.39 is 0 Å². The van der Waals surface area contributed by atoms with Crippen molar-refractivity contribution in [2.24, 2.45) is 0 Å². The van der Waals surface area contributed by atoms with E-state index >= 15 is 0 Å². The highest BCUT2D eigenvalue weighted by atomic mass is 35.5. The zero-order chi connectivity index (χ0) is 14.7. The minimum Gasteiger partial charge on any atom is -0.392 e. The first-order valence-electron chi connectivity index (χ1n) is 6.19. The molecule has 21 heavy (non-hydrogen) atoms. The zero-order valence-electron chi connectivity index (χ0n) is 10.8. The summed E-state index contributed by atoms with van der Waals surface area (Å²) < 4.78 is 1.65. The summed E-state index contributed by atoms with van der Waals surface area (Å²) in [5, 5.41) is 22.4. The lowest BCUT2D eigenvalue weighted by Crippen LogP contribution is -1.99. The highest BCUT2D eigenvalue weighted by Gasteiger charge is 2.12. The van der Waals surface area contributed by atoms with Gasteiger partial charge in [-0.2, -0.15) is 4.68 Å². The fourth-order valence-corrected chi connectivity index (χ4v) is 3.01. The van der Waals surface area contributed by atoms with Crippen molar-refractivity contribution in [1.82, 2.24) is 20.2 Å². The molecule has 0 amide bonds. The van der Waals surface area contributed by atoms with Crippen molar-refractivity contribution in [2.45, 2.75) is 16.7 Å². The molecule has 0 saturated heterocycles. The first kappa shape index (κ1) is 14.1. The van der Waals surface area contributed by atoms with Crippen LogP contribution in [0.1, 0.15) is 5.56 Å². The van der Waals surface area contributed by atoms with E-state index in [1.807, 2.05) is 30.3 Å². The third-order valence-electron chi connectivity index (χ3n) is 2.84. The van der Waals surface area contributed by atoms with Crippen LogP contribution in [-0.2, 0) is 6.61 Å². The Morgan fingerprint density at radius 3 is 2.71 bits per heavy atom. The van der Waals surface area contributed by atoms with Gasteiger partial charge in [-0.25, -0.2) is 0 Å². The SMILES string of the molecule is OCc1ccc(Cl)cc1Sc1nnnn1-c1ccccc1. The first-order chi connectivity index (χ1) is 10.3. The van der Waals surface area contributed by atoms with Gasteiger partial charge in [-0.3, -0.25) is 0 Å². The van der Waals surface area contributed by atoms with Crippen LogP contribution in [0.2, 0.25) is 5.02 Å². The fourth-order valence-electron chi connectivity index (χ4n) is 1.83. The molecule has 1 heterocycles. The number of aliphatic hydroxyl groups excluding tert-OH is 1. The summed E-state index contributed by atoms with van der Waals surface area (Å²) in [5.74, 6) is 0. The molecule has 0 atom stereocenters. The van der Waals surface area contributed by atoms with Crippen LogP contribution in [0.15, 0.2) is 58.6 Å². The Kier molecular flexibility index (Phi) is 4.19. The monoisotopic (exact) mass is 318 g/mol. The molecule has 2 aromatic carbocycles. The third-order valence-corrected chi connectivity index (χ3v) is 4.11. The molecule has 3 aromatic rings. The van der Waals surface area contributed by atoms with Crippen LogP contribution in [0.4, 0.5) is 0 Å². The zero-order valence-corrected chi connectivity index (χ0v) is 12.4.